The number of hydrogen-bond donors (Lipinski definition) is 1. The van der Waals surface area contributed by atoms with Gasteiger partial charge in [-0.05, 0) is 25.8 Å². The lowest BCUT2D eigenvalue weighted by Crippen LogP contribution is -2.47. The average molecular weight is 297 g/mol. The maximum absolute atomic E-state index is 11.5. The Bertz CT molecular complexity index is 471. The smallest absolute Gasteiger partial charge is 0.216 e. The van der Waals surface area contributed by atoms with Crippen molar-refractivity contribution >= 4 is 17.2 Å². The van der Waals surface area contributed by atoms with E-state index in [1.54, 1.807) is 12.2 Å². The summed E-state index contributed by atoms with van der Waals surface area (Å²) in [5.74, 6) is -0.0789. The Morgan fingerprint density at radius 3 is 2.75 bits per heavy atom. The zero-order chi connectivity index (χ0) is 15.3. The van der Waals surface area contributed by atoms with E-state index in [4.69, 9.17) is 0 Å². The van der Waals surface area contributed by atoms with Gasteiger partial charge in [0.05, 0.1) is 0 Å². The van der Waals surface area contributed by atoms with Crippen LogP contribution in [-0.4, -0.2) is 31.6 Å². The van der Waals surface area contributed by atoms with Gasteiger partial charge in [-0.1, -0.05) is 24.8 Å². The van der Waals surface area contributed by atoms with Crippen LogP contribution in [0.15, 0.2) is 36.1 Å². The highest BCUT2D eigenvalue weighted by molar-refractivity contribution is 7.76. The Balaban J connectivity index is 3.08. The van der Waals surface area contributed by atoms with Crippen LogP contribution in [0, 0.1) is 5.92 Å². The standard InChI is InChI=1S/C14H22N2O3S/c1-5-7-12-8-13(9-15-11(4)17)10(3)16(20(18)19)14(12)6-2/h5-7,10,13H,1,8-9H2,2-4H3,(H,15,17)(H,18,19)/p-1/b12-7-,14-6+/t10-,13+/m1/s1. The van der Waals surface area contributed by atoms with Gasteiger partial charge in [0.2, 0.25) is 5.91 Å². The number of amides is 1. The van der Waals surface area contributed by atoms with Crippen LogP contribution in [0.25, 0.3) is 0 Å². The Labute approximate surface area is 122 Å². The monoisotopic (exact) mass is 297 g/mol. The van der Waals surface area contributed by atoms with Crippen molar-refractivity contribution in [1.29, 1.82) is 0 Å². The molecule has 0 spiro atoms. The van der Waals surface area contributed by atoms with Gasteiger partial charge in [-0.2, -0.15) is 0 Å². The van der Waals surface area contributed by atoms with Gasteiger partial charge in [-0.25, -0.2) is 0 Å². The molecule has 6 heteroatoms. The highest BCUT2D eigenvalue weighted by atomic mass is 32.2. The quantitative estimate of drug-likeness (QED) is 0.802. The molecule has 112 valence electrons. The number of nitrogens with zero attached hydrogens (tertiary/aromatic N) is 1. The SMILES string of the molecule is C=C/C=C1/C[C@@H](CNC(C)=O)[C@@H](C)N(S(=O)[O-])/C1=C/C. The van der Waals surface area contributed by atoms with Crippen molar-refractivity contribution in [1.82, 2.24) is 9.62 Å². The Hall–Kier alpha value is -1.40. The van der Waals surface area contributed by atoms with Gasteiger partial charge in [0.1, 0.15) is 0 Å². The van der Waals surface area contributed by atoms with Crippen LogP contribution in [0.2, 0.25) is 0 Å². The lowest BCUT2D eigenvalue weighted by molar-refractivity contribution is -0.119. The summed E-state index contributed by atoms with van der Waals surface area (Å²) in [6.45, 7) is 9.24. The molecule has 1 unspecified atom stereocenters. The van der Waals surface area contributed by atoms with Gasteiger partial charge in [0.25, 0.3) is 0 Å². The highest BCUT2D eigenvalue weighted by Gasteiger charge is 2.33. The van der Waals surface area contributed by atoms with Gasteiger partial charge in [0.15, 0.2) is 0 Å². The fourth-order valence-corrected chi connectivity index (χ4v) is 3.28. The van der Waals surface area contributed by atoms with Gasteiger partial charge in [-0.3, -0.25) is 13.3 Å². The van der Waals surface area contributed by atoms with Crippen LogP contribution in [0.5, 0.6) is 0 Å². The second-order valence-corrected chi connectivity index (χ2v) is 5.61. The fraction of sp³-hybridized carbons (Fsp3) is 0.500. The van der Waals surface area contributed by atoms with Gasteiger partial charge in [-0.15, -0.1) is 0 Å². The summed E-state index contributed by atoms with van der Waals surface area (Å²) in [5.41, 5.74) is 1.60. The third kappa shape index (κ3) is 3.80. The molecule has 0 saturated carbocycles. The number of rotatable bonds is 4. The van der Waals surface area contributed by atoms with Crippen LogP contribution in [-0.2, 0) is 16.1 Å². The normalized spacial score (nSPS) is 28.5. The van der Waals surface area contributed by atoms with Crippen LogP contribution in [0.1, 0.15) is 27.2 Å². The number of hydrogen-bond acceptors (Lipinski definition) is 3. The summed E-state index contributed by atoms with van der Waals surface area (Å²) in [5, 5.41) is 2.76. The van der Waals surface area contributed by atoms with E-state index in [0.29, 0.717) is 18.7 Å². The first-order valence-corrected chi connectivity index (χ1v) is 7.56. The third-order valence-corrected chi connectivity index (χ3v) is 4.32. The molecule has 20 heavy (non-hydrogen) atoms. The summed E-state index contributed by atoms with van der Waals surface area (Å²) < 4.78 is 24.4. The van der Waals surface area contributed by atoms with E-state index in [0.717, 1.165) is 5.57 Å². The van der Waals surface area contributed by atoms with Crippen molar-refractivity contribution in [2.75, 3.05) is 6.54 Å². The second kappa shape index (κ2) is 7.40. The Morgan fingerprint density at radius 1 is 1.65 bits per heavy atom. The number of piperidine rings is 1. The molecule has 0 aromatic rings. The van der Waals surface area contributed by atoms with E-state index >= 15 is 0 Å². The predicted octanol–water partition coefficient (Wildman–Crippen LogP) is 1.64. The number of allylic oxidation sites excluding steroid dienone is 4. The maximum Gasteiger partial charge on any atom is 0.216 e. The minimum atomic E-state index is -2.34. The number of carbonyl (C=O) groups is 1. The molecule has 1 N–H and O–H groups in total. The Morgan fingerprint density at radius 2 is 2.30 bits per heavy atom. The van der Waals surface area contributed by atoms with Crippen molar-refractivity contribution in [3.63, 3.8) is 0 Å². The lowest BCUT2D eigenvalue weighted by atomic mass is 9.86. The van der Waals surface area contributed by atoms with Crippen molar-refractivity contribution < 1.29 is 13.6 Å². The zero-order valence-corrected chi connectivity index (χ0v) is 12.9. The largest absolute Gasteiger partial charge is 0.755 e. The average Bonchev–Trinajstić information content (AvgIpc) is 2.37. The minimum absolute atomic E-state index is 0.0340. The fourth-order valence-electron chi connectivity index (χ4n) is 2.45. The molecule has 0 radical (unpaired) electrons. The summed E-state index contributed by atoms with van der Waals surface area (Å²) in [6.07, 6.45) is 5.97. The van der Waals surface area contributed by atoms with E-state index in [-0.39, 0.29) is 17.9 Å². The van der Waals surface area contributed by atoms with E-state index in [1.165, 1.54) is 11.2 Å². The first-order valence-electron chi connectivity index (χ1n) is 6.53. The molecular formula is C14H21N2O3S-. The first-order chi connectivity index (χ1) is 9.42. The lowest BCUT2D eigenvalue weighted by Gasteiger charge is -2.44. The molecule has 5 nitrogen and oxygen atoms in total. The molecule has 1 heterocycles. The minimum Gasteiger partial charge on any atom is -0.755 e. The highest BCUT2D eigenvalue weighted by Crippen LogP contribution is 2.35. The second-order valence-electron chi connectivity index (χ2n) is 4.79. The van der Waals surface area contributed by atoms with Crippen molar-refractivity contribution in [2.45, 2.75) is 33.2 Å². The molecule has 0 aromatic carbocycles. The molecular weight excluding hydrogens is 276 g/mol. The van der Waals surface area contributed by atoms with E-state index in [1.807, 2.05) is 19.9 Å². The summed E-state index contributed by atoms with van der Waals surface area (Å²) >= 11 is -2.34. The van der Waals surface area contributed by atoms with Gasteiger partial charge < -0.3 is 9.87 Å². The zero-order valence-electron chi connectivity index (χ0n) is 12.1. The molecule has 1 saturated heterocycles. The van der Waals surface area contributed by atoms with Gasteiger partial charge >= 0.3 is 0 Å². The molecule has 1 fully saturated rings. The molecule has 1 amide bonds. The molecule has 1 rings (SSSR count). The summed E-state index contributed by atoms with van der Waals surface area (Å²) in [7, 11) is 0. The van der Waals surface area contributed by atoms with Crippen LogP contribution >= 0.6 is 0 Å². The summed E-state index contributed by atoms with van der Waals surface area (Å²) in [4.78, 5) is 11.0. The molecule has 0 aliphatic carbocycles. The maximum atomic E-state index is 11.5. The third-order valence-electron chi connectivity index (χ3n) is 3.47. The van der Waals surface area contributed by atoms with E-state index in [2.05, 4.69) is 11.9 Å². The molecule has 1 aliphatic rings. The predicted molar refractivity (Wildman–Crippen MR) is 79.0 cm³/mol. The molecule has 0 aromatic heterocycles. The van der Waals surface area contributed by atoms with E-state index < -0.39 is 11.3 Å². The first kappa shape index (κ1) is 16.7. The van der Waals surface area contributed by atoms with Crippen molar-refractivity contribution in [3.8, 4) is 0 Å². The molecule has 3 atom stereocenters. The molecule has 0 bridgehead atoms. The van der Waals surface area contributed by atoms with Crippen molar-refractivity contribution in [2.24, 2.45) is 5.92 Å². The topological polar surface area (TPSA) is 72.5 Å². The number of carbonyl (C=O) groups excluding carboxylic acids is 1. The van der Waals surface area contributed by atoms with Crippen LogP contribution in [0.4, 0.5) is 0 Å². The summed E-state index contributed by atoms with van der Waals surface area (Å²) in [6, 6.07) is -0.201. The Kier molecular flexibility index (Phi) is 6.16. The number of nitrogens with one attached hydrogen (secondary N) is 1. The van der Waals surface area contributed by atoms with Crippen LogP contribution < -0.4 is 5.32 Å². The van der Waals surface area contributed by atoms with E-state index in [9.17, 15) is 13.6 Å². The van der Waals surface area contributed by atoms with Gasteiger partial charge in [0, 0.05) is 42.4 Å². The van der Waals surface area contributed by atoms with Crippen molar-refractivity contribution in [3.05, 3.63) is 36.1 Å². The van der Waals surface area contributed by atoms with Crippen LogP contribution in [0.3, 0.4) is 0 Å². The molecule has 1 aliphatic heterocycles.